The van der Waals surface area contributed by atoms with Gasteiger partial charge in [0.25, 0.3) is 5.56 Å². The molecule has 2 aromatic heterocycles. The normalized spacial score (nSPS) is 11.0. The second-order valence-electron chi connectivity index (χ2n) is 7.69. The standard InChI is InChI=1S/C23H20Cl2N6O3S/c1-13-4-9-16(10-17(13)25)31-21(14-5-7-15(24)8-6-14)27-28-22(31)35-12-19(32)26-18-11-20(33)30(3)23(34)29(18)2/h4-11H,12H2,1-3H3,(H,26,32). The number of benzene rings is 2. The first kappa shape index (κ1) is 24.8. The molecule has 4 rings (SSSR count). The van der Waals surface area contributed by atoms with Gasteiger partial charge in [0.1, 0.15) is 5.82 Å². The van der Waals surface area contributed by atoms with Gasteiger partial charge in [0, 0.05) is 35.8 Å². The third kappa shape index (κ3) is 5.19. The lowest BCUT2D eigenvalue weighted by Crippen LogP contribution is -2.38. The predicted molar refractivity (Wildman–Crippen MR) is 138 cm³/mol. The Balaban J connectivity index is 1.64. The Hall–Kier alpha value is -3.34. The number of amides is 1. The van der Waals surface area contributed by atoms with Crippen molar-refractivity contribution in [3.63, 3.8) is 0 Å². The van der Waals surface area contributed by atoms with Crippen molar-refractivity contribution in [2.75, 3.05) is 11.1 Å². The number of hydrogen-bond acceptors (Lipinski definition) is 6. The lowest BCUT2D eigenvalue weighted by Gasteiger charge is -2.12. The summed E-state index contributed by atoms with van der Waals surface area (Å²) >= 11 is 13.6. The zero-order chi connectivity index (χ0) is 25.3. The Morgan fingerprint density at radius 2 is 1.71 bits per heavy atom. The van der Waals surface area contributed by atoms with Crippen LogP contribution in [0.2, 0.25) is 10.0 Å². The number of rotatable bonds is 6. The molecule has 9 nitrogen and oxygen atoms in total. The molecule has 12 heteroatoms. The summed E-state index contributed by atoms with van der Waals surface area (Å²) in [7, 11) is 2.84. The van der Waals surface area contributed by atoms with Crippen molar-refractivity contribution in [1.82, 2.24) is 23.9 Å². The summed E-state index contributed by atoms with van der Waals surface area (Å²) < 4.78 is 3.96. The molecule has 0 bridgehead atoms. The maximum Gasteiger partial charge on any atom is 0.332 e. The zero-order valence-electron chi connectivity index (χ0n) is 19.0. The number of carbonyl (C=O) groups is 1. The van der Waals surface area contributed by atoms with Crippen molar-refractivity contribution in [3.05, 3.63) is 85.0 Å². The maximum atomic E-state index is 12.7. The van der Waals surface area contributed by atoms with Crippen LogP contribution in [0.4, 0.5) is 5.82 Å². The third-order valence-electron chi connectivity index (χ3n) is 5.28. The number of thioether (sulfide) groups is 1. The van der Waals surface area contributed by atoms with Gasteiger partial charge in [-0.1, -0.05) is 41.0 Å². The Labute approximate surface area is 214 Å². The van der Waals surface area contributed by atoms with E-state index in [1.54, 1.807) is 22.8 Å². The van der Waals surface area contributed by atoms with Gasteiger partial charge in [-0.3, -0.25) is 23.3 Å². The molecule has 0 unspecified atom stereocenters. The number of nitrogens with one attached hydrogen (secondary N) is 1. The summed E-state index contributed by atoms with van der Waals surface area (Å²) in [5.41, 5.74) is 1.38. The van der Waals surface area contributed by atoms with Crippen LogP contribution in [0, 0.1) is 6.92 Å². The van der Waals surface area contributed by atoms with Crippen molar-refractivity contribution in [2.24, 2.45) is 14.1 Å². The number of hydrogen-bond donors (Lipinski definition) is 1. The lowest BCUT2D eigenvalue weighted by molar-refractivity contribution is -0.113. The summed E-state index contributed by atoms with van der Waals surface area (Å²) in [5.74, 6) is 0.209. The zero-order valence-corrected chi connectivity index (χ0v) is 21.3. The number of aryl methyl sites for hydroxylation is 1. The van der Waals surface area contributed by atoms with E-state index in [9.17, 15) is 14.4 Å². The van der Waals surface area contributed by atoms with Crippen LogP contribution in [-0.4, -0.2) is 35.6 Å². The minimum absolute atomic E-state index is 0.0399. The number of nitrogens with zero attached hydrogens (tertiary/aromatic N) is 5. The van der Waals surface area contributed by atoms with Crippen LogP contribution in [0.5, 0.6) is 0 Å². The van der Waals surface area contributed by atoms with Crippen LogP contribution in [-0.2, 0) is 18.9 Å². The van der Waals surface area contributed by atoms with Gasteiger partial charge in [0.15, 0.2) is 11.0 Å². The van der Waals surface area contributed by atoms with Crippen molar-refractivity contribution in [2.45, 2.75) is 12.1 Å². The number of aromatic nitrogens is 5. The number of anilines is 1. The number of halogens is 2. The minimum atomic E-state index is -0.538. The van der Waals surface area contributed by atoms with E-state index in [-0.39, 0.29) is 11.6 Å². The highest BCUT2D eigenvalue weighted by Crippen LogP contribution is 2.30. The molecule has 0 spiro atoms. The molecule has 0 fully saturated rings. The molecule has 1 N–H and O–H groups in total. The van der Waals surface area contributed by atoms with Crippen LogP contribution in [0.25, 0.3) is 17.1 Å². The van der Waals surface area contributed by atoms with Gasteiger partial charge in [-0.15, -0.1) is 10.2 Å². The van der Waals surface area contributed by atoms with Gasteiger partial charge in [0.2, 0.25) is 5.91 Å². The summed E-state index contributed by atoms with van der Waals surface area (Å²) in [5, 5.41) is 12.9. The van der Waals surface area contributed by atoms with E-state index in [1.807, 2.05) is 31.2 Å². The highest BCUT2D eigenvalue weighted by atomic mass is 35.5. The summed E-state index contributed by atoms with van der Waals surface area (Å²) in [6.45, 7) is 1.91. The van der Waals surface area contributed by atoms with Crippen LogP contribution >= 0.6 is 35.0 Å². The number of carbonyl (C=O) groups excluding carboxylic acids is 1. The molecule has 180 valence electrons. The van der Waals surface area contributed by atoms with E-state index in [4.69, 9.17) is 23.2 Å². The van der Waals surface area contributed by atoms with Gasteiger partial charge < -0.3 is 5.32 Å². The first-order chi connectivity index (χ1) is 16.7. The van der Waals surface area contributed by atoms with E-state index < -0.39 is 17.2 Å². The molecular weight excluding hydrogens is 511 g/mol. The van der Waals surface area contributed by atoms with E-state index in [0.717, 1.165) is 33.1 Å². The lowest BCUT2D eigenvalue weighted by atomic mass is 10.2. The predicted octanol–water partition coefficient (Wildman–Crippen LogP) is 3.68. The fourth-order valence-corrected chi connectivity index (χ4v) is 4.32. The van der Waals surface area contributed by atoms with Gasteiger partial charge in [-0.05, 0) is 48.9 Å². The largest absolute Gasteiger partial charge is 0.332 e. The molecule has 0 atom stereocenters. The van der Waals surface area contributed by atoms with Crippen molar-refractivity contribution in [3.8, 4) is 17.1 Å². The summed E-state index contributed by atoms with van der Waals surface area (Å²) in [4.78, 5) is 36.7. The third-order valence-corrected chi connectivity index (χ3v) is 6.86. The van der Waals surface area contributed by atoms with Crippen LogP contribution < -0.4 is 16.6 Å². The second kappa shape index (κ2) is 10.1. The van der Waals surface area contributed by atoms with E-state index in [0.29, 0.717) is 21.0 Å². The smallest absolute Gasteiger partial charge is 0.311 e. The van der Waals surface area contributed by atoms with E-state index in [2.05, 4.69) is 15.5 Å². The highest BCUT2D eigenvalue weighted by Gasteiger charge is 2.19. The maximum absolute atomic E-state index is 12.7. The minimum Gasteiger partial charge on any atom is -0.311 e. The molecule has 35 heavy (non-hydrogen) atoms. The molecule has 0 aliphatic heterocycles. The van der Waals surface area contributed by atoms with Crippen molar-refractivity contribution < 1.29 is 4.79 Å². The molecular formula is C23H20Cl2N6O3S. The van der Waals surface area contributed by atoms with Crippen molar-refractivity contribution in [1.29, 1.82) is 0 Å². The monoisotopic (exact) mass is 530 g/mol. The average molecular weight is 531 g/mol. The second-order valence-corrected chi connectivity index (χ2v) is 9.47. The van der Waals surface area contributed by atoms with E-state index in [1.165, 1.54) is 24.7 Å². The molecule has 4 aromatic rings. The highest BCUT2D eigenvalue weighted by molar-refractivity contribution is 7.99. The Morgan fingerprint density at radius 3 is 2.40 bits per heavy atom. The molecule has 0 aliphatic carbocycles. The molecule has 0 saturated carbocycles. The fraction of sp³-hybridized carbons (Fsp3) is 0.174. The Bertz CT molecular complexity index is 1540. The molecule has 0 radical (unpaired) electrons. The van der Waals surface area contributed by atoms with Gasteiger partial charge in [-0.25, -0.2) is 4.79 Å². The Morgan fingerprint density at radius 1 is 1.00 bits per heavy atom. The molecule has 1 amide bonds. The molecule has 2 heterocycles. The SMILES string of the molecule is Cc1ccc(-n2c(SCC(=O)Nc3cc(=O)n(C)c(=O)n3C)nnc2-c2ccc(Cl)cc2)cc1Cl. The van der Waals surface area contributed by atoms with Gasteiger partial charge in [-0.2, -0.15) is 0 Å². The first-order valence-corrected chi connectivity index (χ1v) is 12.1. The average Bonchev–Trinajstić information content (AvgIpc) is 3.26. The van der Waals surface area contributed by atoms with E-state index >= 15 is 0 Å². The van der Waals surface area contributed by atoms with Gasteiger partial charge >= 0.3 is 5.69 Å². The van der Waals surface area contributed by atoms with Gasteiger partial charge in [0.05, 0.1) is 11.4 Å². The summed E-state index contributed by atoms with van der Waals surface area (Å²) in [6.07, 6.45) is 0. The fourth-order valence-electron chi connectivity index (χ4n) is 3.26. The first-order valence-electron chi connectivity index (χ1n) is 10.3. The van der Waals surface area contributed by atoms with Crippen LogP contribution in [0.1, 0.15) is 5.56 Å². The molecule has 0 aliphatic rings. The summed E-state index contributed by atoms with van der Waals surface area (Å²) in [6, 6.07) is 14.0. The quantitative estimate of drug-likeness (QED) is 0.381. The Kier molecular flexibility index (Phi) is 7.15. The van der Waals surface area contributed by atoms with Crippen molar-refractivity contribution >= 4 is 46.7 Å². The van der Waals surface area contributed by atoms with Crippen LogP contribution in [0.15, 0.2) is 63.3 Å². The topological polar surface area (TPSA) is 104 Å². The molecule has 0 saturated heterocycles. The van der Waals surface area contributed by atoms with Crippen LogP contribution in [0.3, 0.4) is 0 Å². The molecule has 2 aromatic carbocycles.